The summed E-state index contributed by atoms with van der Waals surface area (Å²) in [5.41, 5.74) is 2.53. The largest absolute Gasteiger partial charge is 0.491 e. The number of ether oxygens (including phenoxy) is 1. The third kappa shape index (κ3) is 5.57. The van der Waals surface area contributed by atoms with Crippen molar-refractivity contribution < 1.29 is 4.74 Å². The zero-order valence-electron chi connectivity index (χ0n) is 17.5. The lowest BCUT2D eigenvalue weighted by atomic mass is 10.1. The second-order valence-electron chi connectivity index (χ2n) is 8.36. The first-order valence-corrected chi connectivity index (χ1v) is 11.8. The molecule has 2 fully saturated rings. The van der Waals surface area contributed by atoms with Crippen molar-refractivity contribution in [2.45, 2.75) is 38.3 Å². The molecule has 1 saturated carbocycles. The van der Waals surface area contributed by atoms with Gasteiger partial charge >= 0.3 is 0 Å². The fourth-order valence-corrected chi connectivity index (χ4v) is 4.72. The zero-order chi connectivity index (χ0) is 21.4. The molecule has 0 bridgehead atoms. The Morgan fingerprint density at radius 3 is 2.78 bits per heavy atom. The Kier molecular flexibility index (Phi) is 7.62. The molecule has 10 heteroatoms. The van der Waals surface area contributed by atoms with Crippen LogP contribution >= 0.6 is 48.3 Å². The lowest BCUT2D eigenvalue weighted by Gasteiger charge is -2.33. The highest BCUT2D eigenvalue weighted by molar-refractivity contribution is 7.59. The topological polar surface area (TPSA) is 66.1 Å². The standard InChI is InChI=1S/C22H24Cl3N5O.H2S/c23-15-8-14(20(17(24)9-15)31-12-13-3-4-13)10-26-16-2-1-7-30(11-16)22-27-18-5-6-19(25)28-21(18)29-22;/h5-6,8-9,13,16,26H,1-4,7,10-12H2,(H,27,28,29);1H2/t16-;/m0./s1. The Labute approximate surface area is 209 Å². The van der Waals surface area contributed by atoms with Gasteiger partial charge in [-0.05, 0) is 55.9 Å². The van der Waals surface area contributed by atoms with E-state index in [1.165, 1.54) is 12.8 Å². The molecule has 1 atom stereocenters. The summed E-state index contributed by atoms with van der Waals surface area (Å²) < 4.78 is 6.05. The minimum Gasteiger partial charge on any atom is -0.491 e. The minimum atomic E-state index is 0. The summed E-state index contributed by atoms with van der Waals surface area (Å²) >= 11 is 18.7. The molecule has 5 rings (SSSR count). The van der Waals surface area contributed by atoms with Crippen LogP contribution in [0.25, 0.3) is 11.2 Å². The fourth-order valence-electron chi connectivity index (χ4n) is 3.99. The van der Waals surface area contributed by atoms with E-state index in [0.29, 0.717) is 39.4 Å². The summed E-state index contributed by atoms with van der Waals surface area (Å²) in [5.74, 6) is 2.24. The van der Waals surface area contributed by atoms with Crippen molar-refractivity contribution in [3.63, 3.8) is 0 Å². The molecule has 3 heterocycles. The average molecular weight is 515 g/mol. The summed E-state index contributed by atoms with van der Waals surface area (Å²) in [6, 6.07) is 7.68. The number of aromatic amines is 1. The van der Waals surface area contributed by atoms with Crippen LogP contribution in [-0.2, 0) is 6.54 Å². The number of piperidine rings is 1. The first-order valence-electron chi connectivity index (χ1n) is 10.7. The van der Waals surface area contributed by atoms with E-state index in [-0.39, 0.29) is 13.5 Å². The molecule has 1 saturated heterocycles. The first-order chi connectivity index (χ1) is 15.0. The molecule has 0 radical (unpaired) electrons. The van der Waals surface area contributed by atoms with E-state index in [1.54, 1.807) is 12.1 Å². The van der Waals surface area contributed by atoms with Crippen molar-refractivity contribution in [1.29, 1.82) is 0 Å². The van der Waals surface area contributed by atoms with E-state index in [1.807, 2.05) is 12.1 Å². The zero-order valence-corrected chi connectivity index (χ0v) is 20.8. The number of hydrogen-bond donors (Lipinski definition) is 2. The second-order valence-corrected chi connectivity index (χ2v) is 9.59. The maximum Gasteiger partial charge on any atom is 0.205 e. The van der Waals surface area contributed by atoms with Gasteiger partial charge in [0.25, 0.3) is 0 Å². The Bertz CT molecular complexity index is 1090. The van der Waals surface area contributed by atoms with Crippen LogP contribution in [0.4, 0.5) is 5.95 Å². The molecule has 2 aliphatic rings. The van der Waals surface area contributed by atoms with Crippen LogP contribution in [-0.4, -0.2) is 40.7 Å². The molecule has 172 valence electrons. The molecule has 1 aliphatic heterocycles. The van der Waals surface area contributed by atoms with Gasteiger partial charge in [0.05, 0.1) is 17.1 Å². The number of benzene rings is 1. The van der Waals surface area contributed by atoms with Crippen LogP contribution in [0.3, 0.4) is 0 Å². The number of pyridine rings is 1. The van der Waals surface area contributed by atoms with Gasteiger partial charge in [-0.15, -0.1) is 0 Å². The maximum atomic E-state index is 6.44. The van der Waals surface area contributed by atoms with Crippen molar-refractivity contribution in [3.05, 3.63) is 45.0 Å². The van der Waals surface area contributed by atoms with Gasteiger partial charge in [0.15, 0.2) is 5.65 Å². The van der Waals surface area contributed by atoms with Gasteiger partial charge in [0.2, 0.25) is 5.95 Å². The highest BCUT2D eigenvalue weighted by Gasteiger charge is 2.25. The molecule has 6 nitrogen and oxygen atoms in total. The van der Waals surface area contributed by atoms with Gasteiger partial charge < -0.3 is 19.9 Å². The third-order valence-corrected chi connectivity index (χ3v) is 6.56. The lowest BCUT2D eigenvalue weighted by molar-refractivity contribution is 0.295. The first kappa shape index (κ1) is 23.8. The summed E-state index contributed by atoms with van der Waals surface area (Å²) in [7, 11) is 0. The molecular weight excluding hydrogens is 489 g/mol. The quantitative estimate of drug-likeness (QED) is 0.403. The van der Waals surface area contributed by atoms with Crippen molar-refractivity contribution in [1.82, 2.24) is 20.3 Å². The van der Waals surface area contributed by atoms with E-state index < -0.39 is 0 Å². The molecule has 0 unspecified atom stereocenters. The van der Waals surface area contributed by atoms with E-state index in [4.69, 9.17) is 39.5 Å². The average Bonchev–Trinajstić information content (AvgIpc) is 3.48. The van der Waals surface area contributed by atoms with Crippen molar-refractivity contribution in [2.75, 3.05) is 24.6 Å². The smallest absolute Gasteiger partial charge is 0.205 e. The van der Waals surface area contributed by atoms with Gasteiger partial charge in [-0.2, -0.15) is 18.5 Å². The van der Waals surface area contributed by atoms with Crippen molar-refractivity contribution >= 4 is 65.4 Å². The van der Waals surface area contributed by atoms with Gasteiger partial charge in [-0.1, -0.05) is 34.8 Å². The summed E-state index contributed by atoms with van der Waals surface area (Å²) in [6.07, 6.45) is 4.64. The number of nitrogens with one attached hydrogen (secondary N) is 2. The van der Waals surface area contributed by atoms with E-state index in [0.717, 1.165) is 55.3 Å². The predicted octanol–water partition coefficient (Wildman–Crippen LogP) is 5.58. The normalized spacial score (nSPS) is 18.6. The lowest BCUT2D eigenvalue weighted by Crippen LogP contribution is -2.46. The highest BCUT2D eigenvalue weighted by Crippen LogP contribution is 2.36. The van der Waals surface area contributed by atoms with Crippen LogP contribution in [0.15, 0.2) is 24.3 Å². The predicted molar refractivity (Wildman–Crippen MR) is 136 cm³/mol. The van der Waals surface area contributed by atoms with E-state index in [2.05, 4.69) is 25.2 Å². The number of aromatic nitrogens is 3. The number of rotatable bonds is 7. The highest BCUT2D eigenvalue weighted by atomic mass is 35.5. The van der Waals surface area contributed by atoms with Crippen LogP contribution < -0.4 is 15.0 Å². The van der Waals surface area contributed by atoms with Gasteiger partial charge in [-0.3, -0.25) is 0 Å². The maximum absolute atomic E-state index is 6.44. The number of H-pyrrole nitrogens is 1. The van der Waals surface area contributed by atoms with Gasteiger partial charge in [-0.25, -0.2) is 4.98 Å². The molecule has 0 spiro atoms. The Balaban J connectivity index is 0.00000245. The number of fused-ring (bicyclic) bond motifs is 1. The number of halogens is 3. The monoisotopic (exact) mass is 513 g/mol. The summed E-state index contributed by atoms with van der Waals surface area (Å²) in [5, 5.41) is 5.31. The molecule has 32 heavy (non-hydrogen) atoms. The SMILES string of the molecule is Clc1cc(Cl)c(OCC2CC2)c(CN[C@H]2CCCN(c3nc4nc(Cl)ccc4[nH]3)C2)c1.S. The molecule has 3 aromatic rings. The molecule has 1 aliphatic carbocycles. The molecule has 2 aromatic heterocycles. The van der Waals surface area contributed by atoms with Gasteiger partial charge in [0.1, 0.15) is 10.9 Å². The van der Waals surface area contributed by atoms with Crippen LogP contribution in [0.5, 0.6) is 5.75 Å². The number of nitrogens with zero attached hydrogens (tertiary/aromatic N) is 3. The molecule has 0 amide bonds. The second kappa shape index (κ2) is 10.3. The van der Waals surface area contributed by atoms with Crippen LogP contribution in [0, 0.1) is 5.92 Å². The summed E-state index contributed by atoms with van der Waals surface area (Å²) in [4.78, 5) is 14.5. The number of anilines is 1. The summed E-state index contributed by atoms with van der Waals surface area (Å²) in [6.45, 7) is 3.16. The Morgan fingerprint density at radius 1 is 1.12 bits per heavy atom. The Hall–Kier alpha value is -1.38. The molecule has 2 N–H and O–H groups in total. The number of hydrogen-bond acceptors (Lipinski definition) is 5. The van der Waals surface area contributed by atoms with Crippen molar-refractivity contribution in [3.8, 4) is 5.75 Å². The Morgan fingerprint density at radius 2 is 1.97 bits per heavy atom. The van der Waals surface area contributed by atoms with E-state index in [9.17, 15) is 0 Å². The minimum absolute atomic E-state index is 0. The third-order valence-electron chi connectivity index (χ3n) is 5.85. The van der Waals surface area contributed by atoms with Crippen LogP contribution in [0.1, 0.15) is 31.2 Å². The van der Waals surface area contributed by atoms with Crippen LogP contribution in [0.2, 0.25) is 15.2 Å². The number of imidazole rings is 1. The fraction of sp³-hybridized carbons (Fsp3) is 0.455. The van der Waals surface area contributed by atoms with Crippen molar-refractivity contribution in [2.24, 2.45) is 5.92 Å². The van der Waals surface area contributed by atoms with Gasteiger partial charge in [0, 0.05) is 36.3 Å². The molecular formula is C22H26Cl3N5OS. The molecule has 1 aromatic carbocycles. The van der Waals surface area contributed by atoms with E-state index >= 15 is 0 Å².